The second kappa shape index (κ2) is 7.05. The van der Waals surface area contributed by atoms with Gasteiger partial charge in [-0.25, -0.2) is 9.78 Å². The van der Waals surface area contributed by atoms with Gasteiger partial charge in [0.25, 0.3) is 5.56 Å². The number of carbonyl (C=O) groups is 1. The lowest BCUT2D eigenvalue weighted by Gasteiger charge is -2.37. The first-order valence-electron chi connectivity index (χ1n) is 8.93. The first-order chi connectivity index (χ1) is 14.1. The Kier molecular flexibility index (Phi) is 4.77. The molecular weight excluding hydrogens is 467 g/mol. The third-order valence-corrected chi connectivity index (χ3v) is 5.63. The van der Waals surface area contributed by atoms with E-state index >= 15 is 0 Å². The Balaban J connectivity index is 1.84. The summed E-state index contributed by atoms with van der Waals surface area (Å²) in [5, 5.41) is 4.38. The first-order valence-corrected chi connectivity index (χ1v) is 9.72. The molecule has 1 atom stereocenters. The number of carbonyl (C=O) groups excluding carboxylic acids is 1. The SMILES string of the molecule is Nc1nccn(Cc2cc3c(cc2Br)[C@@](C#CC2CC2)(C(F)(F)F)NC(=O)N3)c1=O. The molecular formula is C19H15BrF3N5O2. The van der Waals surface area contributed by atoms with Gasteiger partial charge >= 0.3 is 12.2 Å². The van der Waals surface area contributed by atoms with E-state index in [0.29, 0.717) is 10.0 Å². The highest BCUT2D eigenvalue weighted by atomic mass is 79.9. The number of nitrogens with zero attached hydrogens (tertiary/aromatic N) is 2. The van der Waals surface area contributed by atoms with E-state index in [1.807, 2.05) is 5.32 Å². The molecule has 1 fully saturated rings. The van der Waals surface area contributed by atoms with Crippen LogP contribution in [0.1, 0.15) is 24.0 Å². The highest BCUT2D eigenvalue weighted by Gasteiger charge is 2.59. The summed E-state index contributed by atoms with van der Waals surface area (Å²) in [7, 11) is 0. The van der Waals surface area contributed by atoms with Crippen molar-refractivity contribution in [2.24, 2.45) is 5.92 Å². The number of rotatable bonds is 2. The Hall–Kier alpha value is -3.00. The zero-order valence-corrected chi connectivity index (χ0v) is 16.9. The molecule has 0 spiro atoms. The molecule has 0 radical (unpaired) electrons. The van der Waals surface area contributed by atoms with Crippen LogP contribution in [-0.2, 0) is 12.1 Å². The first kappa shape index (κ1) is 20.3. The minimum atomic E-state index is -4.85. The van der Waals surface area contributed by atoms with Crippen LogP contribution in [0.2, 0.25) is 0 Å². The summed E-state index contributed by atoms with van der Waals surface area (Å²) in [5.41, 5.74) is 2.38. The van der Waals surface area contributed by atoms with Crippen LogP contribution in [0, 0.1) is 17.8 Å². The van der Waals surface area contributed by atoms with Gasteiger partial charge in [-0.1, -0.05) is 27.8 Å². The number of nitrogen functional groups attached to an aromatic ring is 1. The Morgan fingerprint density at radius 1 is 1.33 bits per heavy atom. The van der Waals surface area contributed by atoms with Crippen molar-refractivity contribution < 1.29 is 18.0 Å². The summed E-state index contributed by atoms with van der Waals surface area (Å²) < 4.78 is 44.1. The molecule has 2 heterocycles. The van der Waals surface area contributed by atoms with Crippen LogP contribution in [-0.4, -0.2) is 21.8 Å². The molecule has 30 heavy (non-hydrogen) atoms. The Morgan fingerprint density at radius 2 is 2.07 bits per heavy atom. The molecule has 2 aliphatic rings. The molecule has 7 nitrogen and oxygen atoms in total. The summed E-state index contributed by atoms with van der Waals surface area (Å²) in [5.74, 6) is 4.63. The molecule has 1 saturated carbocycles. The van der Waals surface area contributed by atoms with Gasteiger partial charge in [-0.05, 0) is 30.5 Å². The van der Waals surface area contributed by atoms with Crippen LogP contribution in [0.15, 0.2) is 33.8 Å². The van der Waals surface area contributed by atoms with Crippen LogP contribution in [0.4, 0.5) is 29.5 Å². The van der Waals surface area contributed by atoms with Crippen molar-refractivity contribution in [2.75, 3.05) is 11.1 Å². The molecule has 1 aliphatic heterocycles. The molecule has 4 N–H and O–H groups in total. The number of nitrogens with two attached hydrogens (primary N) is 1. The van der Waals surface area contributed by atoms with Gasteiger partial charge < -0.3 is 20.9 Å². The average Bonchev–Trinajstić information content (AvgIpc) is 3.48. The number of anilines is 2. The van der Waals surface area contributed by atoms with Crippen LogP contribution in [0.5, 0.6) is 0 Å². The van der Waals surface area contributed by atoms with Crippen LogP contribution >= 0.6 is 15.9 Å². The van der Waals surface area contributed by atoms with Gasteiger partial charge in [0.05, 0.1) is 6.54 Å². The molecule has 1 aliphatic carbocycles. The van der Waals surface area contributed by atoms with Gasteiger partial charge in [-0.3, -0.25) is 4.79 Å². The van der Waals surface area contributed by atoms with Crippen molar-refractivity contribution in [3.8, 4) is 11.8 Å². The molecule has 2 aromatic rings. The molecule has 1 aromatic carbocycles. The minimum absolute atomic E-state index is 0.00941. The van der Waals surface area contributed by atoms with E-state index in [4.69, 9.17) is 5.73 Å². The van der Waals surface area contributed by atoms with Crippen molar-refractivity contribution in [1.82, 2.24) is 14.9 Å². The van der Waals surface area contributed by atoms with Crippen molar-refractivity contribution >= 4 is 33.5 Å². The number of alkyl halides is 3. The van der Waals surface area contributed by atoms with E-state index in [1.165, 1.54) is 29.1 Å². The lowest BCUT2D eigenvalue weighted by Crippen LogP contribution is -2.59. The average molecular weight is 482 g/mol. The number of aromatic nitrogens is 2. The third-order valence-electron chi connectivity index (χ3n) is 4.89. The van der Waals surface area contributed by atoms with Gasteiger partial charge in [0, 0.05) is 34.0 Å². The van der Waals surface area contributed by atoms with E-state index < -0.39 is 23.3 Å². The highest BCUT2D eigenvalue weighted by molar-refractivity contribution is 9.10. The van der Waals surface area contributed by atoms with Gasteiger partial charge in [0.15, 0.2) is 5.82 Å². The molecule has 2 amide bonds. The number of urea groups is 1. The monoisotopic (exact) mass is 481 g/mol. The zero-order valence-electron chi connectivity index (χ0n) is 15.3. The van der Waals surface area contributed by atoms with E-state index in [1.54, 1.807) is 0 Å². The van der Waals surface area contributed by atoms with Crippen molar-refractivity contribution in [2.45, 2.75) is 31.1 Å². The fourth-order valence-corrected chi connectivity index (χ4v) is 3.62. The zero-order chi connectivity index (χ0) is 21.7. The largest absolute Gasteiger partial charge is 0.427 e. The van der Waals surface area contributed by atoms with Crippen LogP contribution in [0.3, 0.4) is 0 Å². The van der Waals surface area contributed by atoms with Crippen molar-refractivity contribution in [3.63, 3.8) is 0 Å². The van der Waals surface area contributed by atoms with Gasteiger partial charge in [0.2, 0.25) is 5.54 Å². The molecule has 11 heteroatoms. The highest BCUT2D eigenvalue weighted by Crippen LogP contribution is 2.45. The summed E-state index contributed by atoms with van der Waals surface area (Å²) in [4.78, 5) is 27.9. The fourth-order valence-electron chi connectivity index (χ4n) is 3.15. The quantitative estimate of drug-likeness (QED) is 0.573. The number of fused-ring (bicyclic) bond motifs is 1. The smallest absolute Gasteiger partial charge is 0.379 e. The van der Waals surface area contributed by atoms with Gasteiger partial charge in [-0.2, -0.15) is 13.2 Å². The molecule has 0 bridgehead atoms. The standard InChI is InChI=1S/C19H15BrF3N5O2/c20-13-8-12-14(7-11(13)9-28-6-5-25-15(24)16(28)29)26-17(30)27-18(12,19(21,22)23)4-3-10-1-2-10/h5-8,10H,1-2,9H2,(H2,24,25)(H2,26,27,30)/t18-/m0/s1. The number of benzene rings is 1. The molecule has 0 unspecified atom stereocenters. The number of nitrogens with one attached hydrogen (secondary N) is 2. The summed E-state index contributed by atoms with van der Waals surface area (Å²) in [6.07, 6.45) is -0.611. The molecule has 4 rings (SSSR count). The number of halogens is 4. The second-order valence-corrected chi connectivity index (χ2v) is 7.96. The number of hydrogen-bond donors (Lipinski definition) is 3. The molecule has 156 valence electrons. The van der Waals surface area contributed by atoms with Crippen LogP contribution in [0.25, 0.3) is 0 Å². The lowest BCUT2D eigenvalue weighted by atomic mass is 9.85. The second-order valence-electron chi connectivity index (χ2n) is 7.11. The predicted octanol–water partition coefficient (Wildman–Crippen LogP) is 2.94. The number of hydrogen-bond acceptors (Lipinski definition) is 4. The van der Waals surface area contributed by atoms with Gasteiger partial charge in [0.1, 0.15) is 0 Å². The van der Waals surface area contributed by atoms with Gasteiger partial charge in [-0.15, -0.1) is 0 Å². The van der Waals surface area contributed by atoms with E-state index in [9.17, 15) is 22.8 Å². The molecule has 0 saturated heterocycles. The Morgan fingerprint density at radius 3 is 2.73 bits per heavy atom. The normalized spacial score (nSPS) is 20.5. The van der Waals surface area contributed by atoms with E-state index in [0.717, 1.165) is 12.8 Å². The van der Waals surface area contributed by atoms with E-state index in [-0.39, 0.29) is 29.5 Å². The third kappa shape index (κ3) is 3.52. The predicted molar refractivity (Wildman–Crippen MR) is 107 cm³/mol. The minimum Gasteiger partial charge on any atom is -0.379 e. The summed E-state index contributed by atoms with van der Waals surface area (Å²) >= 11 is 3.28. The van der Waals surface area contributed by atoms with Crippen LogP contribution < -0.4 is 21.9 Å². The fraction of sp³-hybridized carbons (Fsp3) is 0.316. The Labute approximate surface area is 177 Å². The number of amides is 2. The topological polar surface area (TPSA) is 102 Å². The summed E-state index contributed by atoms with van der Waals surface area (Å²) in [6, 6.07) is 1.64. The maximum absolute atomic E-state index is 14.2. The van der Waals surface area contributed by atoms with E-state index in [2.05, 4.69) is 38.1 Å². The lowest BCUT2D eigenvalue weighted by molar-refractivity contribution is -0.178. The maximum Gasteiger partial charge on any atom is 0.427 e. The van der Waals surface area contributed by atoms with Crippen molar-refractivity contribution in [3.05, 3.63) is 50.5 Å². The van der Waals surface area contributed by atoms with Crippen molar-refractivity contribution in [1.29, 1.82) is 0 Å². The summed E-state index contributed by atoms with van der Waals surface area (Å²) in [6.45, 7) is 0.00941. The Bertz CT molecular complexity index is 1160. The molecule has 1 aromatic heterocycles. The maximum atomic E-state index is 14.2.